The van der Waals surface area contributed by atoms with E-state index in [-0.39, 0.29) is 18.2 Å². The zero-order valence-electron chi connectivity index (χ0n) is 15.6. The lowest BCUT2D eigenvalue weighted by molar-refractivity contribution is -0.120. The third kappa shape index (κ3) is 6.05. The molecule has 1 aliphatic rings. The van der Waals surface area contributed by atoms with Gasteiger partial charge in [0.1, 0.15) is 0 Å². The molecule has 0 saturated carbocycles. The number of hydrogen-bond acceptors (Lipinski definition) is 7. The number of piperidine rings is 1. The van der Waals surface area contributed by atoms with Crippen LogP contribution in [0.4, 0.5) is 5.13 Å². The molecule has 2 aromatic rings. The Hall–Kier alpha value is -0.910. The Morgan fingerprint density at radius 2 is 2.17 bits per heavy atom. The number of nitrogens with one attached hydrogen (secondary N) is 1. The Kier molecular flexibility index (Phi) is 7.80. The van der Waals surface area contributed by atoms with Crippen molar-refractivity contribution in [3.05, 3.63) is 33.8 Å². The molecule has 12 heteroatoms. The van der Waals surface area contributed by atoms with Crippen LogP contribution in [-0.2, 0) is 20.6 Å². The number of hydrogen-bond donors (Lipinski definition) is 1. The second-order valence-electron chi connectivity index (χ2n) is 6.48. The van der Waals surface area contributed by atoms with Crippen molar-refractivity contribution in [3.63, 3.8) is 0 Å². The van der Waals surface area contributed by atoms with Crippen molar-refractivity contribution in [1.82, 2.24) is 14.5 Å². The SMILES string of the molecule is CCSc1nnc(NC(=O)C2CCCN(S(=O)(=O)Cc3ccc(Cl)cc3Cl)C2)s1. The molecule has 7 nitrogen and oxygen atoms in total. The summed E-state index contributed by atoms with van der Waals surface area (Å²) in [6, 6.07) is 4.74. The zero-order valence-corrected chi connectivity index (χ0v) is 19.6. The van der Waals surface area contributed by atoms with Crippen LogP contribution in [0.1, 0.15) is 25.3 Å². The summed E-state index contributed by atoms with van der Waals surface area (Å²) < 4.78 is 27.9. The molecule has 0 radical (unpaired) electrons. The molecule has 0 spiro atoms. The van der Waals surface area contributed by atoms with Gasteiger partial charge in [0.25, 0.3) is 0 Å². The molecule has 1 N–H and O–H groups in total. The second kappa shape index (κ2) is 9.93. The standard InChI is InChI=1S/C17H20Cl2N4O3S3/c1-2-27-17-22-21-16(28-17)20-15(24)11-4-3-7-23(9-11)29(25,26)10-12-5-6-13(18)8-14(12)19/h5-6,8,11H,2-4,7,9-10H2,1H3,(H,20,21,24). The minimum absolute atomic E-state index is 0.134. The molecule has 158 valence electrons. The molecule has 1 unspecified atom stereocenters. The molecular formula is C17H20Cl2N4O3S3. The van der Waals surface area contributed by atoms with Gasteiger partial charge < -0.3 is 5.32 Å². The maximum atomic E-state index is 12.9. The van der Waals surface area contributed by atoms with Gasteiger partial charge in [-0.3, -0.25) is 4.79 Å². The van der Waals surface area contributed by atoms with E-state index in [1.807, 2.05) is 6.92 Å². The molecule has 1 atom stereocenters. The van der Waals surface area contributed by atoms with Crippen molar-refractivity contribution in [2.24, 2.45) is 5.92 Å². The van der Waals surface area contributed by atoms with Gasteiger partial charge in [-0.2, -0.15) is 0 Å². The summed E-state index contributed by atoms with van der Waals surface area (Å²) in [5.41, 5.74) is 0.484. The fourth-order valence-corrected chi connectivity index (χ4v) is 6.83. The summed E-state index contributed by atoms with van der Waals surface area (Å²) in [6.07, 6.45) is 1.23. The monoisotopic (exact) mass is 494 g/mol. The van der Waals surface area contributed by atoms with Crippen LogP contribution in [0.3, 0.4) is 0 Å². The van der Waals surface area contributed by atoms with Gasteiger partial charge in [0.2, 0.25) is 21.1 Å². The van der Waals surface area contributed by atoms with E-state index in [1.165, 1.54) is 21.7 Å². The predicted octanol–water partition coefficient (Wildman–Crippen LogP) is 4.14. The number of anilines is 1. The van der Waals surface area contributed by atoms with Gasteiger partial charge in [0.15, 0.2) is 4.34 Å². The van der Waals surface area contributed by atoms with Crippen molar-refractivity contribution in [3.8, 4) is 0 Å². The molecular weight excluding hydrogens is 475 g/mol. The summed E-state index contributed by atoms with van der Waals surface area (Å²) in [5.74, 6) is -0.0370. The highest BCUT2D eigenvalue weighted by molar-refractivity contribution is 8.01. The highest BCUT2D eigenvalue weighted by Crippen LogP contribution is 2.28. The lowest BCUT2D eigenvalue weighted by Gasteiger charge is -2.31. The maximum absolute atomic E-state index is 12.9. The lowest BCUT2D eigenvalue weighted by Crippen LogP contribution is -2.44. The molecule has 0 bridgehead atoms. The number of halogens is 2. The Morgan fingerprint density at radius 1 is 1.38 bits per heavy atom. The lowest BCUT2D eigenvalue weighted by atomic mass is 9.99. The van der Waals surface area contributed by atoms with E-state index in [9.17, 15) is 13.2 Å². The van der Waals surface area contributed by atoms with Gasteiger partial charge >= 0.3 is 0 Å². The average molecular weight is 495 g/mol. The third-order valence-corrected chi connectivity index (χ3v) is 8.64. The Balaban J connectivity index is 1.64. The van der Waals surface area contributed by atoms with Crippen LogP contribution >= 0.6 is 46.3 Å². The minimum Gasteiger partial charge on any atom is -0.300 e. The predicted molar refractivity (Wildman–Crippen MR) is 118 cm³/mol. The first-order valence-electron chi connectivity index (χ1n) is 8.97. The van der Waals surface area contributed by atoms with Crippen LogP contribution in [-0.4, -0.2) is 47.7 Å². The van der Waals surface area contributed by atoms with E-state index in [0.717, 1.165) is 10.1 Å². The number of sulfonamides is 1. The second-order valence-corrected chi connectivity index (χ2v) is 11.8. The van der Waals surface area contributed by atoms with E-state index in [0.29, 0.717) is 40.1 Å². The number of carbonyl (C=O) groups is 1. The van der Waals surface area contributed by atoms with E-state index >= 15 is 0 Å². The normalized spacial score (nSPS) is 18.0. The number of benzene rings is 1. The highest BCUT2D eigenvalue weighted by atomic mass is 35.5. The maximum Gasteiger partial charge on any atom is 0.230 e. The van der Waals surface area contributed by atoms with Gasteiger partial charge in [-0.05, 0) is 36.3 Å². The smallest absolute Gasteiger partial charge is 0.230 e. The Bertz CT molecular complexity index is 984. The van der Waals surface area contributed by atoms with Crippen molar-refractivity contribution >= 4 is 67.4 Å². The molecule has 1 aliphatic heterocycles. The largest absolute Gasteiger partial charge is 0.300 e. The summed E-state index contributed by atoms with van der Waals surface area (Å²) >= 11 is 14.9. The number of carbonyl (C=O) groups excluding carboxylic acids is 1. The molecule has 1 saturated heterocycles. The van der Waals surface area contributed by atoms with Crippen LogP contribution < -0.4 is 5.32 Å². The molecule has 3 rings (SSSR count). The quantitative estimate of drug-likeness (QED) is 0.459. The van der Waals surface area contributed by atoms with Crippen molar-refractivity contribution < 1.29 is 13.2 Å². The Labute approximate surface area is 188 Å². The van der Waals surface area contributed by atoms with Crippen LogP contribution in [0, 0.1) is 5.92 Å². The van der Waals surface area contributed by atoms with E-state index in [2.05, 4.69) is 15.5 Å². The Morgan fingerprint density at radius 3 is 2.90 bits per heavy atom. The highest BCUT2D eigenvalue weighted by Gasteiger charge is 2.33. The molecule has 1 fully saturated rings. The minimum atomic E-state index is -3.62. The van der Waals surface area contributed by atoms with Crippen LogP contribution in [0.25, 0.3) is 0 Å². The number of aromatic nitrogens is 2. The molecule has 1 aromatic carbocycles. The van der Waals surface area contributed by atoms with E-state index in [1.54, 1.807) is 23.9 Å². The van der Waals surface area contributed by atoms with Gasteiger partial charge in [0.05, 0.1) is 11.7 Å². The fraction of sp³-hybridized carbons (Fsp3) is 0.471. The van der Waals surface area contributed by atoms with Gasteiger partial charge in [0, 0.05) is 23.1 Å². The molecule has 0 aliphatic carbocycles. The number of nitrogens with zero attached hydrogens (tertiary/aromatic N) is 3. The fourth-order valence-electron chi connectivity index (χ4n) is 2.99. The first-order chi connectivity index (χ1) is 13.8. The third-order valence-electron chi connectivity index (χ3n) is 4.41. The van der Waals surface area contributed by atoms with Crippen LogP contribution in [0.15, 0.2) is 22.5 Å². The van der Waals surface area contributed by atoms with Crippen molar-refractivity contribution in [2.75, 3.05) is 24.2 Å². The van der Waals surface area contributed by atoms with Crippen molar-refractivity contribution in [2.45, 2.75) is 29.9 Å². The molecule has 2 heterocycles. The topological polar surface area (TPSA) is 92.3 Å². The van der Waals surface area contributed by atoms with Gasteiger partial charge in [-0.1, -0.05) is 59.3 Å². The van der Waals surface area contributed by atoms with E-state index in [4.69, 9.17) is 23.2 Å². The van der Waals surface area contributed by atoms with Crippen LogP contribution in [0.5, 0.6) is 0 Å². The summed E-state index contributed by atoms with van der Waals surface area (Å²) in [5, 5.41) is 11.9. The van der Waals surface area contributed by atoms with Gasteiger partial charge in [-0.15, -0.1) is 10.2 Å². The summed E-state index contributed by atoms with van der Waals surface area (Å²) in [4.78, 5) is 12.6. The zero-order chi connectivity index (χ0) is 21.0. The molecule has 29 heavy (non-hydrogen) atoms. The van der Waals surface area contributed by atoms with Crippen molar-refractivity contribution in [1.29, 1.82) is 0 Å². The first-order valence-corrected chi connectivity index (χ1v) is 13.1. The first kappa shape index (κ1) is 22.8. The average Bonchev–Trinajstić information content (AvgIpc) is 3.11. The summed E-state index contributed by atoms with van der Waals surface area (Å²) in [6.45, 7) is 2.53. The van der Waals surface area contributed by atoms with Crippen LogP contribution in [0.2, 0.25) is 10.0 Å². The number of thioether (sulfide) groups is 1. The molecule has 1 aromatic heterocycles. The molecule has 1 amide bonds. The number of amides is 1. The summed E-state index contributed by atoms with van der Waals surface area (Å²) in [7, 11) is -3.62. The number of rotatable bonds is 7. The van der Waals surface area contributed by atoms with E-state index < -0.39 is 15.9 Å². The van der Waals surface area contributed by atoms with Gasteiger partial charge in [-0.25, -0.2) is 12.7 Å².